The zero-order chi connectivity index (χ0) is 13.5. The molecule has 0 spiro atoms. The summed E-state index contributed by atoms with van der Waals surface area (Å²) in [5, 5.41) is 0. The van der Waals surface area contributed by atoms with Crippen LogP contribution in [-0.4, -0.2) is 13.5 Å². The van der Waals surface area contributed by atoms with E-state index < -0.39 is 0 Å². The molecule has 0 saturated heterocycles. The van der Waals surface area contributed by atoms with Crippen LogP contribution in [0.25, 0.3) is 5.57 Å². The van der Waals surface area contributed by atoms with Crippen LogP contribution in [0.3, 0.4) is 0 Å². The predicted molar refractivity (Wildman–Crippen MR) is 81.6 cm³/mol. The van der Waals surface area contributed by atoms with Crippen molar-refractivity contribution in [2.45, 2.75) is 46.0 Å². The Morgan fingerprint density at radius 3 is 2.56 bits per heavy atom. The third kappa shape index (κ3) is 3.87. The van der Waals surface area contributed by atoms with Gasteiger partial charge in [-0.15, -0.1) is 0 Å². The van der Waals surface area contributed by atoms with Crippen LogP contribution >= 0.6 is 0 Å². The van der Waals surface area contributed by atoms with E-state index in [1.165, 1.54) is 16.7 Å². The first-order valence-corrected chi connectivity index (χ1v) is 6.84. The fourth-order valence-corrected chi connectivity index (χ4v) is 2.18. The minimum absolute atomic E-state index is 0.260. The quantitative estimate of drug-likeness (QED) is 0.697. The number of hydrogen-bond acceptors (Lipinski definition) is 1. The van der Waals surface area contributed by atoms with Crippen LogP contribution in [0.15, 0.2) is 30.3 Å². The van der Waals surface area contributed by atoms with E-state index in [1.54, 1.807) is 7.85 Å². The van der Waals surface area contributed by atoms with Crippen LogP contribution in [-0.2, 0) is 4.79 Å². The van der Waals surface area contributed by atoms with Gasteiger partial charge < -0.3 is 4.79 Å². The molecule has 0 saturated carbocycles. The highest BCUT2D eigenvalue weighted by atomic mass is 16.1. The Bertz CT molecular complexity index is 434. The topological polar surface area (TPSA) is 17.1 Å². The zero-order valence-electron chi connectivity index (χ0n) is 12.0. The lowest BCUT2D eigenvalue weighted by Gasteiger charge is -2.17. The Kier molecular flexibility index (Phi) is 5.90. The minimum Gasteiger partial charge on any atom is -0.312 e. The normalized spacial score (nSPS) is 13.4. The summed E-state index contributed by atoms with van der Waals surface area (Å²) in [5.74, 6) is 0.563. The van der Waals surface area contributed by atoms with E-state index in [1.807, 2.05) is 0 Å². The smallest absolute Gasteiger partial charge is 0.187 e. The average Bonchev–Trinajstić information content (AvgIpc) is 2.38. The number of carbonyl (C=O) groups excluding carboxylic acids is 1. The molecule has 96 valence electrons. The van der Waals surface area contributed by atoms with E-state index in [4.69, 9.17) is 0 Å². The molecule has 0 fully saturated rings. The van der Waals surface area contributed by atoms with E-state index in [0.29, 0.717) is 12.3 Å². The molecular formula is C16H23BO. The van der Waals surface area contributed by atoms with Crippen molar-refractivity contribution in [3.8, 4) is 0 Å². The molecule has 0 aliphatic rings. The number of carbonyl (C=O) groups is 1. The van der Waals surface area contributed by atoms with Crippen LogP contribution in [0.5, 0.6) is 0 Å². The highest BCUT2D eigenvalue weighted by Gasteiger charge is 2.11. The maximum atomic E-state index is 11.1. The second kappa shape index (κ2) is 7.20. The highest BCUT2D eigenvalue weighted by molar-refractivity contribution is 6.57. The van der Waals surface area contributed by atoms with Crippen LogP contribution in [0, 0.1) is 0 Å². The van der Waals surface area contributed by atoms with Crippen molar-refractivity contribution in [3.63, 3.8) is 0 Å². The van der Waals surface area contributed by atoms with Crippen molar-refractivity contribution in [2.24, 2.45) is 0 Å². The molecule has 1 unspecified atom stereocenters. The summed E-state index contributed by atoms with van der Waals surface area (Å²) < 4.78 is 0. The molecule has 1 aromatic carbocycles. The molecule has 0 aliphatic carbocycles. The second-order valence-corrected chi connectivity index (χ2v) is 4.91. The van der Waals surface area contributed by atoms with Crippen LogP contribution in [0.2, 0.25) is 0 Å². The molecule has 0 bridgehead atoms. The largest absolute Gasteiger partial charge is 0.312 e. The van der Waals surface area contributed by atoms with Gasteiger partial charge in [0.05, 0.1) is 5.68 Å². The number of hydrogen-bond donors (Lipinski definition) is 0. The van der Waals surface area contributed by atoms with Crippen LogP contribution < -0.4 is 0 Å². The maximum absolute atomic E-state index is 11.1. The molecule has 0 radical (unpaired) electrons. The van der Waals surface area contributed by atoms with Crippen molar-refractivity contribution >= 4 is 19.1 Å². The molecular weight excluding hydrogens is 219 g/mol. The van der Waals surface area contributed by atoms with Crippen molar-refractivity contribution in [1.82, 2.24) is 0 Å². The van der Waals surface area contributed by atoms with Crippen LogP contribution in [0.1, 0.15) is 57.1 Å². The Morgan fingerprint density at radius 1 is 1.33 bits per heavy atom. The van der Waals surface area contributed by atoms with E-state index in [0.717, 1.165) is 12.8 Å². The molecule has 1 nitrogen and oxygen atoms in total. The Labute approximate surface area is 112 Å². The van der Waals surface area contributed by atoms with E-state index in [-0.39, 0.29) is 5.68 Å². The summed E-state index contributed by atoms with van der Waals surface area (Å²) in [6.45, 7) is 6.53. The van der Waals surface area contributed by atoms with Gasteiger partial charge in [-0.05, 0) is 48.8 Å². The summed E-state index contributed by atoms with van der Waals surface area (Å²) >= 11 is 0. The minimum atomic E-state index is 0.260. The molecule has 18 heavy (non-hydrogen) atoms. The summed E-state index contributed by atoms with van der Waals surface area (Å²) in [4.78, 5) is 11.1. The van der Waals surface area contributed by atoms with Gasteiger partial charge in [0.2, 0.25) is 0 Å². The average molecular weight is 242 g/mol. The Hall–Kier alpha value is -1.31. The monoisotopic (exact) mass is 242 g/mol. The summed E-state index contributed by atoms with van der Waals surface area (Å²) in [5.41, 5.74) is 4.27. The van der Waals surface area contributed by atoms with Gasteiger partial charge in [-0.2, -0.15) is 0 Å². The molecule has 1 rings (SSSR count). The molecule has 0 aromatic heterocycles. The first-order valence-electron chi connectivity index (χ1n) is 6.84. The van der Waals surface area contributed by atoms with Crippen molar-refractivity contribution in [3.05, 3.63) is 41.5 Å². The van der Waals surface area contributed by atoms with Gasteiger partial charge in [-0.3, -0.25) is 0 Å². The van der Waals surface area contributed by atoms with Crippen molar-refractivity contribution in [2.75, 3.05) is 0 Å². The number of rotatable bonds is 6. The molecule has 0 amide bonds. The number of allylic oxidation sites excluding steroid dienone is 2. The third-order valence-corrected chi connectivity index (χ3v) is 3.54. The molecule has 0 aliphatic heterocycles. The number of benzene rings is 1. The fraction of sp³-hybridized carbons (Fsp3) is 0.438. The summed E-state index contributed by atoms with van der Waals surface area (Å²) in [6, 6.07) is 8.57. The van der Waals surface area contributed by atoms with Crippen LogP contribution in [0.4, 0.5) is 0 Å². The third-order valence-electron chi connectivity index (χ3n) is 3.54. The lowest BCUT2D eigenvalue weighted by molar-refractivity contribution is -0.111. The first-order chi connectivity index (χ1) is 8.60. The van der Waals surface area contributed by atoms with Gasteiger partial charge in [-0.25, -0.2) is 0 Å². The van der Waals surface area contributed by atoms with Gasteiger partial charge in [0.25, 0.3) is 0 Å². The van der Waals surface area contributed by atoms with Gasteiger partial charge in [0.15, 0.2) is 7.85 Å². The summed E-state index contributed by atoms with van der Waals surface area (Å²) in [6.07, 6.45) is 4.76. The highest BCUT2D eigenvalue weighted by Crippen LogP contribution is 2.30. The van der Waals surface area contributed by atoms with Gasteiger partial charge in [0, 0.05) is 0 Å². The van der Waals surface area contributed by atoms with Crippen molar-refractivity contribution in [1.29, 1.82) is 0 Å². The lowest BCUT2D eigenvalue weighted by Crippen LogP contribution is -2.01. The molecule has 2 heteroatoms. The predicted octanol–water partition coefficient (Wildman–Crippen LogP) is 3.54. The molecule has 1 atom stereocenters. The second-order valence-electron chi connectivity index (χ2n) is 4.91. The molecule has 0 N–H and O–H groups in total. The van der Waals surface area contributed by atoms with E-state index in [2.05, 4.69) is 51.1 Å². The van der Waals surface area contributed by atoms with E-state index in [9.17, 15) is 4.79 Å². The maximum Gasteiger partial charge on any atom is 0.187 e. The standard InChI is InChI=1S/C16H23BO/c1-4-12(3)14-8-6-7-9-15(14)13(5-2)10-11-16(17)18/h5-9,12H,4,10-11,17H2,1-3H3/b13-5-. The molecule has 1 aromatic rings. The SMILES string of the molecule is BC(=O)CC/C(=C/C)c1ccccc1C(C)CC. The zero-order valence-corrected chi connectivity index (χ0v) is 12.0. The van der Waals surface area contributed by atoms with Gasteiger partial charge in [0.1, 0.15) is 0 Å². The molecule has 0 heterocycles. The van der Waals surface area contributed by atoms with Gasteiger partial charge >= 0.3 is 0 Å². The Morgan fingerprint density at radius 2 is 2.00 bits per heavy atom. The lowest BCUT2D eigenvalue weighted by atomic mass is 9.86. The van der Waals surface area contributed by atoms with Gasteiger partial charge in [-0.1, -0.05) is 44.2 Å². The summed E-state index contributed by atoms with van der Waals surface area (Å²) in [7, 11) is 1.66. The first kappa shape index (κ1) is 14.8. The van der Waals surface area contributed by atoms with Crippen molar-refractivity contribution < 1.29 is 4.79 Å². The Balaban J connectivity index is 3.02. The van der Waals surface area contributed by atoms with E-state index >= 15 is 0 Å². The fourth-order valence-electron chi connectivity index (χ4n) is 2.18.